The van der Waals surface area contributed by atoms with E-state index in [1.54, 1.807) is 12.0 Å². The molecule has 176 valence electrons. The van der Waals surface area contributed by atoms with Gasteiger partial charge in [-0.3, -0.25) is 4.79 Å². The fourth-order valence-electron chi connectivity index (χ4n) is 3.52. The molecule has 1 amide bonds. The van der Waals surface area contributed by atoms with Crippen molar-refractivity contribution in [2.24, 2.45) is 11.8 Å². The zero-order valence-corrected chi connectivity index (χ0v) is 18.7. The predicted octanol–water partition coefficient (Wildman–Crippen LogP) is 3.12. The third kappa shape index (κ3) is 7.36. The van der Waals surface area contributed by atoms with Crippen LogP contribution in [0, 0.1) is 11.8 Å². The first-order chi connectivity index (χ1) is 14.4. The fourth-order valence-corrected chi connectivity index (χ4v) is 5.02. The molecule has 1 aliphatic rings. The van der Waals surface area contributed by atoms with Crippen LogP contribution >= 0.6 is 0 Å². The molecule has 0 saturated carbocycles. The molecule has 0 spiro atoms. The summed E-state index contributed by atoms with van der Waals surface area (Å²) in [5.74, 6) is -0.640. The molecule has 0 radical (unpaired) electrons. The Bertz CT molecular complexity index is 837. The van der Waals surface area contributed by atoms with Crippen molar-refractivity contribution in [3.63, 3.8) is 0 Å². The standard InChI is InChI=1S/C20H29F3N2O5S/c1-15(2)14-24(11-12-29-3)19(26)16-7-9-25(10-8-16)31(27,28)18-6-4-5-17(13-18)30-20(21,22)23/h4-6,13,15-16H,7-12,14H2,1-3H3. The highest BCUT2D eigenvalue weighted by atomic mass is 32.2. The van der Waals surface area contributed by atoms with Crippen molar-refractivity contribution < 1.29 is 35.9 Å². The number of alkyl halides is 3. The molecular weight excluding hydrogens is 437 g/mol. The van der Waals surface area contributed by atoms with Crippen molar-refractivity contribution in [1.82, 2.24) is 9.21 Å². The highest BCUT2D eigenvalue weighted by Crippen LogP contribution is 2.29. The number of hydrogen-bond donors (Lipinski definition) is 0. The molecule has 1 saturated heterocycles. The minimum Gasteiger partial charge on any atom is -0.406 e. The van der Waals surface area contributed by atoms with Crippen LogP contribution in [0.15, 0.2) is 29.2 Å². The monoisotopic (exact) mass is 466 g/mol. The first-order valence-corrected chi connectivity index (χ1v) is 11.5. The van der Waals surface area contributed by atoms with Crippen molar-refractivity contribution in [2.45, 2.75) is 37.9 Å². The van der Waals surface area contributed by atoms with E-state index >= 15 is 0 Å². The molecule has 7 nitrogen and oxygen atoms in total. The minimum absolute atomic E-state index is 0.0247. The lowest BCUT2D eigenvalue weighted by atomic mass is 9.96. The van der Waals surface area contributed by atoms with Crippen molar-refractivity contribution in [1.29, 1.82) is 0 Å². The van der Waals surface area contributed by atoms with Crippen LogP contribution in [0.2, 0.25) is 0 Å². The number of halogens is 3. The van der Waals surface area contributed by atoms with E-state index in [1.165, 1.54) is 16.4 Å². The van der Waals surface area contributed by atoms with Gasteiger partial charge in [0, 0.05) is 45.3 Å². The average Bonchev–Trinajstić information content (AvgIpc) is 2.69. The van der Waals surface area contributed by atoms with Gasteiger partial charge >= 0.3 is 6.36 Å². The first-order valence-electron chi connectivity index (χ1n) is 10.1. The first kappa shape index (κ1) is 25.4. The van der Waals surface area contributed by atoms with E-state index in [4.69, 9.17) is 4.74 Å². The van der Waals surface area contributed by atoms with Gasteiger partial charge in [-0.15, -0.1) is 13.2 Å². The van der Waals surface area contributed by atoms with Gasteiger partial charge in [-0.25, -0.2) is 8.42 Å². The van der Waals surface area contributed by atoms with Gasteiger partial charge in [0.05, 0.1) is 11.5 Å². The third-order valence-electron chi connectivity index (χ3n) is 4.94. The van der Waals surface area contributed by atoms with E-state index in [1.807, 2.05) is 13.8 Å². The van der Waals surface area contributed by atoms with Crippen molar-refractivity contribution in [3.8, 4) is 5.75 Å². The van der Waals surface area contributed by atoms with E-state index in [0.29, 0.717) is 32.5 Å². The zero-order chi connectivity index (χ0) is 23.2. The number of nitrogens with zero attached hydrogens (tertiary/aromatic N) is 2. The lowest BCUT2D eigenvalue weighted by molar-refractivity contribution is -0.274. The van der Waals surface area contributed by atoms with E-state index < -0.39 is 22.1 Å². The number of methoxy groups -OCH3 is 1. The maximum Gasteiger partial charge on any atom is 0.573 e. The second-order valence-electron chi connectivity index (χ2n) is 7.87. The summed E-state index contributed by atoms with van der Waals surface area (Å²) in [6.07, 6.45) is -4.22. The number of carbonyl (C=O) groups excluding carboxylic acids is 1. The van der Waals surface area contributed by atoms with E-state index in [2.05, 4.69) is 4.74 Å². The Morgan fingerprint density at radius 1 is 1.26 bits per heavy atom. The summed E-state index contributed by atoms with van der Waals surface area (Å²) < 4.78 is 73.2. The van der Waals surface area contributed by atoms with Gasteiger partial charge in [-0.05, 0) is 30.9 Å². The fraction of sp³-hybridized carbons (Fsp3) is 0.650. The molecule has 1 aromatic rings. The largest absolute Gasteiger partial charge is 0.573 e. The predicted molar refractivity (Wildman–Crippen MR) is 108 cm³/mol. The molecule has 11 heteroatoms. The van der Waals surface area contributed by atoms with Crippen molar-refractivity contribution >= 4 is 15.9 Å². The molecule has 1 aliphatic heterocycles. The van der Waals surface area contributed by atoms with Crippen molar-refractivity contribution in [3.05, 3.63) is 24.3 Å². The number of amides is 1. The Hall–Kier alpha value is -1.85. The molecule has 1 aromatic carbocycles. The molecular formula is C20H29F3N2O5S. The van der Waals surface area contributed by atoms with Crippen molar-refractivity contribution in [2.75, 3.05) is 39.9 Å². The molecule has 1 heterocycles. The molecule has 0 atom stereocenters. The Morgan fingerprint density at radius 2 is 1.90 bits per heavy atom. The maximum atomic E-state index is 12.9. The highest BCUT2D eigenvalue weighted by Gasteiger charge is 2.35. The minimum atomic E-state index is -4.91. The summed E-state index contributed by atoms with van der Waals surface area (Å²) in [6, 6.07) is 4.32. The molecule has 0 bridgehead atoms. The zero-order valence-electron chi connectivity index (χ0n) is 17.9. The summed E-state index contributed by atoms with van der Waals surface area (Å²) in [5, 5.41) is 0. The normalized spacial score (nSPS) is 16.5. The van der Waals surface area contributed by atoms with Crippen LogP contribution in [-0.4, -0.2) is 69.8 Å². The van der Waals surface area contributed by atoms with Crippen LogP contribution in [0.5, 0.6) is 5.75 Å². The van der Waals surface area contributed by atoms with Gasteiger partial charge in [-0.2, -0.15) is 4.31 Å². The Kier molecular flexibility index (Phi) is 8.73. The van der Waals surface area contributed by atoms with Gasteiger partial charge in [-0.1, -0.05) is 19.9 Å². The summed E-state index contributed by atoms with van der Waals surface area (Å²) >= 11 is 0. The number of ether oxygens (including phenoxy) is 2. The third-order valence-corrected chi connectivity index (χ3v) is 6.84. The Morgan fingerprint density at radius 3 is 2.45 bits per heavy atom. The summed E-state index contributed by atoms with van der Waals surface area (Å²) in [7, 11) is -2.44. The Labute approximate surface area is 181 Å². The average molecular weight is 467 g/mol. The number of rotatable bonds is 9. The summed E-state index contributed by atoms with van der Waals surface area (Å²) in [4.78, 5) is 14.4. The van der Waals surface area contributed by atoms with E-state index in [9.17, 15) is 26.4 Å². The quantitative estimate of drug-likeness (QED) is 0.559. The van der Waals surface area contributed by atoms with Gasteiger partial charge in [0.25, 0.3) is 0 Å². The number of benzene rings is 1. The SMILES string of the molecule is COCCN(CC(C)C)C(=O)C1CCN(S(=O)(=O)c2cccc(OC(F)(F)F)c2)CC1. The van der Waals surface area contributed by atoms with Gasteiger partial charge in [0.1, 0.15) is 5.75 Å². The van der Waals surface area contributed by atoms with Crippen LogP contribution in [0.4, 0.5) is 13.2 Å². The van der Waals surface area contributed by atoms with Gasteiger partial charge in [0.15, 0.2) is 0 Å². The van der Waals surface area contributed by atoms with Crippen LogP contribution in [0.1, 0.15) is 26.7 Å². The van der Waals surface area contributed by atoms with Gasteiger partial charge in [0.2, 0.25) is 15.9 Å². The summed E-state index contributed by atoms with van der Waals surface area (Å²) in [6.45, 7) is 5.73. The highest BCUT2D eigenvalue weighted by molar-refractivity contribution is 7.89. The number of carbonyl (C=O) groups is 1. The van der Waals surface area contributed by atoms with Crippen LogP contribution < -0.4 is 4.74 Å². The molecule has 0 aliphatic carbocycles. The number of sulfonamides is 1. The van der Waals surface area contributed by atoms with E-state index in [0.717, 1.165) is 12.1 Å². The molecule has 0 aromatic heterocycles. The second-order valence-corrected chi connectivity index (χ2v) is 9.81. The van der Waals surface area contributed by atoms with Crippen LogP contribution in [0.3, 0.4) is 0 Å². The van der Waals surface area contributed by atoms with Gasteiger partial charge < -0.3 is 14.4 Å². The van der Waals surface area contributed by atoms with Crippen LogP contribution in [-0.2, 0) is 19.6 Å². The van der Waals surface area contributed by atoms with E-state index in [-0.39, 0.29) is 35.7 Å². The lowest BCUT2D eigenvalue weighted by Crippen LogP contribution is -2.46. The van der Waals surface area contributed by atoms with Crippen LogP contribution in [0.25, 0.3) is 0 Å². The molecule has 0 unspecified atom stereocenters. The molecule has 2 rings (SSSR count). The Balaban J connectivity index is 2.05. The second kappa shape index (κ2) is 10.6. The maximum absolute atomic E-state index is 12.9. The topological polar surface area (TPSA) is 76.2 Å². The number of piperidine rings is 1. The lowest BCUT2D eigenvalue weighted by Gasteiger charge is -2.34. The smallest absolute Gasteiger partial charge is 0.406 e. The molecule has 1 fully saturated rings. The molecule has 0 N–H and O–H groups in total. The summed E-state index contributed by atoms with van der Waals surface area (Å²) in [5.41, 5.74) is 0. The molecule has 31 heavy (non-hydrogen) atoms. The number of hydrogen-bond acceptors (Lipinski definition) is 5.